The SMILES string of the molecule is COc1ccc(-c2nc(C(=O)Nc3cc(S(=O)(=O)N4CCOCC4)ccc3C)cs2)cc1. The van der Waals surface area contributed by atoms with Gasteiger partial charge in [-0.15, -0.1) is 11.3 Å². The Hall–Kier alpha value is -2.79. The standard InChI is InChI=1S/C22H23N3O5S2/c1-15-3-8-18(32(27,28)25-9-11-30-12-10-25)13-19(15)23-21(26)20-14-31-22(24-20)16-4-6-17(29-2)7-5-16/h3-8,13-14H,9-12H2,1-2H3,(H,23,26). The van der Waals surface area contributed by atoms with E-state index in [1.807, 2.05) is 31.2 Å². The first kappa shape index (κ1) is 22.4. The summed E-state index contributed by atoms with van der Waals surface area (Å²) in [5, 5.41) is 5.19. The Kier molecular flexibility index (Phi) is 6.56. The predicted molar refractivity (Wildman–Crippen MR) is 123 cm³/mol. The fraction of sp³-hybridized carbons (Fsp3) is 0.273. The van der Waals surface area contributed by atoms with Crippen LogP contribution in [0.3, 0.4) is 0 Å². The lowest BCUT2D eigenvalue weighted by molar-refractivity contribution is 0.0730. The molecule has 1 fully saturated rings. The number of hydrogen-bond acceptors (Lipinski definition) is 7. The Morgan fingerprint density at radius 3 is 2.56 bits per heavy atom. The summed E-state index contributed by atoms with van der Waals surface area (Å²) in [4.78, 5) is 17.4. The molecule has 2 heterocycles. The van der Waals surface area contributed by atoms with E-state index in [0.29, 0.717) is 37.0 Å². The minimum Gasteiger partial charge on any atom is -0.497 e. The molecule has 32 heavy (non-hydrogen) atoms. The molecule has 0 unspecified atom stereocenters. The molecule has 0 bridgehead atoms. The second-order valence-corrected chi connectivity index (χ2v) is 10.0. The zero-order valence-corrected chi connectivity index (χ0v) is 19.3. The highest BCUT2D eigenvalue weighted by Gasteiger charge is 2.27. The lowest BCUT2D eigenvalue weighted by Gasteiger charge is -2.26. The van der Waals surface area contributed by atoms with Gasteiger partial charge in [-0.1, -0.05) is 6.07 Å². The smallest absolute Gasteiger partial charge is 0.275 e. The van der Waals surface area contributed by atoms with Gasteiger partial charge < -0.3 is 14.8 Å². The minimum atomic E-state index is -3.66. The monoisotopic (exact) mass is 473 g/mol. The quantitative estimate of drug-likeness (QED) is 0.589. The fourth-order valence-corrected chi connectivity index (χ4v) is 5.50. The number of methoxy groups -OCH3 is 1. The summed E-state index contributed by atoms with van der Waals surface area (Å²) in [7, 11) is -2.06. The molecule has 1 aliphatic heterocycles. The van der Waals surface area contributed by atoms with Crippen molar-refractivity contribution < 1.29 is 22.7 Å². The van der Waals surface area contributed by atoms with Gasteiger partial charge in [0.05, 0.1) is 25.2 Å². The molecule has 3 aromatic rings. The number of anilines is 1. The van der Waals surface area contributed by atoms with Crippen molar-refractivity contribution in [1.82, 2.24) is 9.29 Å². The number of amides is 1. The zero-order chi connectivity index (χ0) is 22.7. The molecule has 2 aromatic carbocycles. The van der Waals surface area contributed by atoms with Gasteiger partial charge in [-0.3, -0.25) is 4.79 Å². The van der Waals surface area contributed by atoms with Crippen LogP contribution in [-0.4, -0.2) is 57.0 Å². The molecule has 10 heteroatoms. The number of carbonyl (C=O) groups is 1. The van der Waals surface area contributed by atoms with E-state index in [0.717, 1.165) is 16.9 Å². The molecule has 0 saturated carbocycles. The predicted octanol–water partition coefficient (Wildman–Crippen LogP) is 3.40. The summed E-state index contributed by atoms with van der Waals surface area (Å²) in [5.41, 5.74) is 2.33. The van der Waals surface area contributed by atoms with Gasteiger partial charge in [0, 0.05) is 29.7 Å². The summed E-state index contributed by atoms with van der Waals surface area (Å²) in [6.07, 6.45) is 0. The lowest BCUT2D eigenvalue weighted by Crippen LogP contribution is -2.40. The highest BCUT2D eigenvalue weighted by molar-refractivity contribution is 7.89. The van der Waals surface area contributed by atoms with Gasteiger partial charge in [0.25, 0.3) is 5.91 Å². The van der Waals surface area contributed by atoms with Crippen LogP contribution in [0.5, 0.6) is 5.75 Å². The van der Waals surface area contributed by atoms with E-state index in [-0.39, 0.29) is 10.6 Å². The molecule has 0 radical (unpaired) electrons. The van der Waals surface area contributed by atoms with Crippen molar-refractivity contribution in [2.24, 2.45) is 0 Å². The van der Waals surface area contributed by atoms with Crippen LogP contribution in [0.2, 0.25) is 0 Å². The molecule has 4 rings (SSSR count). The van der Waals surface area contributed by atoms with Crippen LogP contribution in [-0.2, 0) is 14.8 Å². The van der Waals surface area contributed by atoms with Crippen LogP contribution >= 0.6 is 11.3 Å². The number of benzene rings is 2. The summed E-state index contributed by atoms with van der Waals surface area (Å²) in [6, 6.07) is 12.2. The number of thiazole rings is 1. The third kappa shape index (κ3) is 4.68. The van der Waals surface area contributed by atoms with Crippen LogP contribution < -0.4 is 10.1 Å². The molecule has 1 amide bonds. The van der Waals surface area contributed by atoms with Gasteiger partial charge in [0.15, 0.2) is 0 Å². The molecule has 0 spiro atoms. The molecule has 0 atom stereocenters. The number of morpholine rings is 1. The van der Waals surface area contributed by atoms with E-state index in [9.17, 15) is 13.2 Å². The lowest BCUT2D eigenvalue weighted by atomic mass is 10.2. The first-order valence-corrected chi connectivity index (χ1v) is 12.3. The van der Waals surface area contributed by atoms with Gasteiger partial charge in [0.2, 0.25) is 10.0 Å². The average Bonchev–Trinajstić information content (AvgIpc) is 3.31. The maximum atomic E-state index is 13.0. The molecule has 168 valence electrons. The number of hydrogen-bond donors (Lipinski definition) is 1. The number of nitrogens with zero attached hydrogens (tertiary/aromatic N) is 2. The van der Waals surface area contributed by atoms with Crippen molar-refractivity contribution in [3.63, 3.8) is 0 Å². The van der Waals surface area contributed by atoms with Crippen LogP contribution in [0, 0.1) is 6.92 Å². The molecule has 1 saturated heterocycles. The highest BCUT2D eigenvalue weighted by Crippen LogP contribution is 2.27. The van der Waals surface area contributed by atoms with Crippen molar-refractivity contribution in [1.29, 1.82) is 0 Å². The largest absolute Gasteiger partial charge is 0.497 e. The van der Waals surface area contributed by atoms with E-state index in [1.165, 1.54) is 21.7 Å². The molecule has 1 aliphatic rings. The van der Waals surface area contributed by atoms with Crippen molar-refractivity contribution in [2.45, 2.75) is 11.8 Å². The van der Waals surface area contributed by atoms with Gasteiger partial charge in [-0.05, 0) is 48.9 Å². The van der Waals surface area contributed by atoms with E-state index in [2.05, 4.69) is 10.3 Å². The molecule has 8 nitrogen and oxygen atoms in total. The first-order valence-electron chi connectivity index (χ1n) is 9.98. The first-order chi connectivity index (χ1) is 15.4. The Morgan fingerprint density at radius 1 is 1.16 bits per heavy atom. The van der Waals surface area contributed by atoms with Crippen molar-refractivity contribution in [2.75, 3.05) is 38.7 Å². The van der Waals surface area contributed by atoms with Crippen LogP contribution in [0.25, 0.3) is 10.6 Å². The second kappa shape index (κ2) is 9.37. The van der Waals surface area contributed by atoms with Gasteiger partial charge in [-0.25, -0.2) is 13.4 Å². The highest BCUT2D eigenvalue weighted by atomic mass is 32.2. The molecular weight excluding hydrogens is 450 g/mol. The van der Waals surface area contributed by atoms with E-state index in [4.69, 9.17) is 9.47 Å². The second-order valence-electron chi connectivity index (χ2n) is 7.21. The number of nitrogens with one attached hydrogen (secondary N) is 1. The Labute approximate surface area is 190 Å². The van der Waals surface area contributed by atoms with Crippen molar-refractivity contribution in [3.05, 3.63) is 59.1 Å². The van der Waals surface area contributed by atoms with Gasteiger partial charge in [-0.2, -0.15) is 4.31 Å². The zero-order valence-electron chi connectivity index (χ0n) is 17.7. The molecule has 0 aliphatic carbocycles. The summed E-state index contributed by atoms with van der Waals surface area (Å²) >= 11 is 1.36. The number of rotatable bonds is 6. The van der Waals surface area contributed by atoms with Crippen molar-refractivity contribution in [3.8, 4) is 16.3 Å². The topological polar surface area (TPSA) is 97.8 Å². The fourth-order valence-electron chi connectivity index (χ4n) is 3.26. The summed E-state index contributed by atoms with van der Waals surface area (Å²) in [5.74, 6) is 0.343. The van der Waals surface area contributed by atoms with E-state index < -0.39 is 15.9 Å². The molecule has 1 N–H and O–H groups in total. The third-order valence-electron chi connectivity index (χ3n) is 5.14. The number of aromatic nitrogens is 1. The maximum absolute atomic E-state index is 13.0. The molecular formula is C22H23N3O5S2. The Balaban J connectivity index is 1.53. The normalized spacial score (nSPS) is 14.8. The number of ether oxygens (including phenoxy) is 2. The molecule has 1 aromatic heterocycles. The van der Waals surface area contributed by atoms with Gasteiger partial charge in [0.1, 0.15) is 16.5 Å². The summed E-state index contributed by atoms with van der Waals surface area (Å²) < 4.78 is 37.7. The number of aryl methyl sites for hydroxylation is 1. The van der Waals surface area contributed by atoms with E-state index >= 15 is 0 Å². The van der Waals surface area contributed by atoms with Crippen LogP contribution in [0.4, 0.5) is 5.69 Å². The number of sulfonamides is 1. The Bertz CT molecular complexity index is 1220. The van der Waals surface area contributed by atoms with Gasteiger partial charge >= 0.3 is 0 Å². The van der Waals surface area contributed by atoms with E-state index in [1.54, 1.807) is 24.6 Å². The average molecular weight is 474 g/mol. The minimum absolute atomic E-state index is 0.137. The third-order valence-corrected chi connectivity index (χ3v) is 7.92. The summed E-state index contributed by atoms with van der Waals surface area (Å²) in [6.45, 7) is 3.17. The number of carbonyl (C=O) groups excluding carboxylic acids is 1. The maximum Gasteiger partial charge on any atom is 0.275 e. The van der Waals surface area contributed by atoms with Crippen LogP contribution in [0.1, 0.15) is 16.1 Å². The Morgan fingerprint density at radius 2 is 1.88 bits per heavy atom. The van der Waals surface area contributed by atoms with Crippen molar-refractivity contribution >= 4 is 33.0 Å². The van der Waals surface area contributed by atoms with Crippen LogP contribution in [0.15, 0.2) is 52.7 Å².